The number of hydrogen-bond donors (Lipinski definition) is 1. The van der Waals surface area contributed by atoms with Crippen LogP contribution in [0, 0.1) is 18.8 Å². The van der Waals surface area contributed by atoms with Gasteiger partial charge in [-0.05, 0) is 44.7 Å². The molecule has 3 saturated heterocycles. The Hall–Kier alpha value is -2.29. The Morgan fingerprint density at radius 2 is 1.95 bits per heavy atom. The molecule has 1 N–H and O–H groups in total. The van der Waals surface area contributed by atoms with Crippen LogP contribution < -0.4 is 4.90 Å². The van der Waals surface area contributed by atoms with Crippen molar-refractivity contribution in [2.75, 3.05) is 38.2 Å². The van der Waals surface area contributed by atoms with Gasteiger partial charge in [-0.1, -0.05) is 35.9 Å². The van der Waals surface area contributed by atoms with E-state index in [-0.39, 0.29) is 37.4 Å². The number of para-hydroxylation sites is 1. The van der Waals surface area contributed by atoms with Gasteiger partial charge in [-0.3, -0.25) is 14.4 Å². The minimum atomic E-state index is -0.776. The zero-order valence-electron chi connectivity index (χ0n) is 21.8. The number of thioether (sulfide) groups is 1. The highest BCUT2D eigenvalue weighted by Crippen LogP contribution is 2.71. The van der Waals surface area contributed by atoms with Crippen LogP contribution in [-0.4, -0.2) is 81.5 Å². The Kier molecular flexibility index (Phi) is 7.84. The molecule has 3 amide bonds. The number of aliphatic hydroxyl groups excluding tert-OH is 1. The van der Waals surface area contributed by atoms with E-state index in [4.69, 9.17) is 11.6 Å². The smallest absolute Gasteiger partial charge is 0.251 e. The number of likely N-dealkylation sites (N-methyl/N-ethyl adjacent to an activating group) is 1. The molecule has 3 aliphatic rings. The lowest BCUT2D eigenvalue weighted by molar-refractivity contribution is -0.144. The molecule has 1 aromatic carbocycles. The van der Waals surface area contributed by atoms with Crippen molar-refractivity contribution in [3.8, 4) is 0 Å². The monoisotopic (exact) mass is 545 g/mol. The normalized spacial score (nSPS) is 29.8. The third-order valence-electron chi connectivity index (χ3n) is 8.15. The number of carbonyl (C=O) groups excluding carboxylic acids is 3. The third kappa shape index (κ3) is 4.31. The Morgan fingerprint density at radius 3 is 2.57 bits per heavy atom. The number of halogens is 1. The quantitative estimate of drug-likeness (QED) is 0.454. The van der Waals surface area contributed by atoms with Gasteiger partial charge in [-0.25, -0.2) is 0 Å². The summed E-state index contributed by atoms with van der Waals surface area (Å²) in [7, 11) is 1.73. The number of anilines is 1. The van der Waals surface area contributed by atoms with Crippen LogP contribution in [0.15, 0.2) is 43.5 Å². The maximum Gasteiger partial charge on any atom is 0.251 e. The molecule has 1 spiro atoms. The molecule has 0 aliphatic carbocycles. The van der Waals surface area contributed by atoms with Crippen LogP contribution in [0.1, 0.15) is 31.7 Å². The number of nitrogens with zero attached hydrogens (tertiary/aromatic N) is 3. The summed E-state index contributed by atoms with van der Waals surface area (Å²) in [6.07, 6.45) is 5.08. The van der Waals surface area contributed by atoms with E-state index in [1.54, 1.807) is 51.7 Å². The molecule has 7 nitrogen and oxygen atoms in total. The number of benzene rings is 1. The predicted octanol–water partition coefficient (Wildman–Crippen LogP) is 3.68. The maximum absolute atomic E-state index is 14.5. The molecule has 3 heterocycles. The lowest BCUT2D eigenvalue weighted by atomic mass is 9.66. The van der Waals surface area contributed by atoms with Gasteiger partial charge in [0.25, 0.3) is 5.91 Å². The zero-order chi connectivity index (χ0) is 27.1. The average molecular weight is 546 g/mol. The Morgan fingerprint density at radius 1 is 1.24 bits per heavy atom. The van der Waals surface area contributed by atoms with E-state index in [9.17, 15) is 19.5 Å². The number of rotatable bonds is 10. The van der Waals surface area contributed by atoms with Gasteiger partial charge in [0, 0.05) is 38.0 Å². The van der Waals surface area contributed by atoms with E-state index in [1.165, 1.54) is 0 Å². The van der Waals surface area contributed by atoms with Crippen LogP contribution in [0.4, 0.5) is 5.69 Å². The summed E-state index contributed by atoms with van der Waals surface area (Å²) in [5.41, 5.74) is 1.45. The van der Waals surface area contributed by atoms with Crippen molar-refractivity contribution >= 4 is 46.8 Å². The van der Waals surface area contributed by atoms with E-state index in [2.05, 4.69) is 20.1 Å². The SMILES string of the molecule is C=CCN(C)C(=O)[C@@H]1[C@H]2C(=O)N(CCCO)C(C(=O)N(CC=C)c3c(C)cccc3Cl)C23CC[C@@]1(C)S3. The van der Waals surface area contributed by atoms with Crippen molar-refractivity contribution in [3.05, 3.63) is 54.1 Å². The van der Waals surface area contributed by atoms with Crippen LogP contribution in [0.25, 0.3) is 0 Å². The fourth-order valence-corrected chi connectivity index (χ4v) is 9.28. The summed E-state index contributed by atoms with van der Waals surface area (Å²) in [5, 5.41) is 10.0. The van der Waals surface area contributed by atoms with Gasteiger partial charge in [-0.2, -0.15) is 0 Å². The molecule has 4 rings (SSSR count). The molecule has 0 saturated carbocycles. The fourth-order valence-electron chi connectivity index (χ4n) is 6.62. The molecular weight excluding hydrogens is 510 g/mol. The molecule has 0 radical (unpaired) electrons. The topological polar surface area (TPSA) is 81.2 Å². The van der Waals surface area contributed by atoms with E-state index < -0.39 is 27.4 Å². The van der Waals surface area contributed by atoms with E-state index in [0.29, 0.717) is 30.1 Å². The summed E-state index contributed by atoms with van der Waals surface area (Å²) >= 11 is 8.23. The molecule has 3 aliphatic heterocycles. The van der Waals surface area contributed by atoms with E-state index >= 15 is 0 Å². The summed E-state index contributed by atoms with van der Waals surface area (Å²) in [6.45, 7) is 12.3. The van der Waals surface area contributed by atoms with Crippen molar-refractivity contribution in [2.24, 2.45) is 11.8 Å². The summed E-state index contributed by atoms with van der Waals surface area (Å²) < 4.78 is -1.18. The number of carbonyl (C=O) groups is 3. The standard InChI is InChI=1S/C28H36ClN3O4S/c1-6-14-30(5)24(34)20-21-25(35)32(16-9-17-33)23(28(21)13-12-27(20,4)37-28)26(36)31(15-7-2)22-18(3)10-8-11-19(22)29/h6-8,10-11,20-21,23,33H,1-2,9,12-17H2,3-5H3/t20-,21-,23?,27+,28?/m0/s1. The van der Waals surface area contributed by atoms with Crippen molar-refractivity contribution in [1.82, 2.24) is 9.80 Å². The predicted molar refractivity (Wildman–Crippen MR) is 149 cm³/mol. The third-order valence-corrected chi connectivity index (χ3v) is 10.4. The van der Waals surface area contributed by atoms with Gasteiger partial charge in [0.05, 0.1) is 27.3 Å². The second-order valence-corrected chi connectivity index (χ2v) is 12.8. The highest BCUT2D eigenvalue weighted by atomic mass is 35.5. The summed E-state index contributed by atoms with van der Waals surface area (Å²) in [5.74, 6) is -1.64. The van der Waals surface area contributed by atoms with Crippen LogP contribution in [-0.2, 0) is 14.4 Å². The number of likely N-dealkylation sites (tertiary alicyclic amines) is 1. The summed E-state index contributed by atoms with van der Waals surface area (Å²) in [4.78, 5) is 47.2. The van der Waals surface area contributed by atoms with Gasteiger partial charge in [-0.15, -0.1) is 24.9 Å². The number of amides is 3. The van der Waals surface area contributed by atoms with Gasteiger partial charge in [0.2, 0.25) is 11.8 Å². The lowest BCUT2D eigenvalue weighted by Gasteiger charge is -2.38. The van der Waals surface area contributed by atoms with E-state index in [0.717, 1.165) is 12.0 Å². The van der Waals surface area contributed by atoms with Crippen LogP contribution >= 0.6 is 23.4 Å². The van der Waals surface area contributed by atoms with Crippen molar-refractivity contribution in [3.63, 3.8) is 0 Å². The van der Waals surface area contributed by atoms with E-state index in [1.807, 2.05) is 19.1 Å². The van der Waals surface area contributed by atoms with Gasteiger partial charge in [0.15, 0.2) is 0 Å². The fraction of sp³-hybridized carbons (Fsp3) is 0.536. The summed E-state index contributed by atoms with van der Waals surface area (Å²) in [6, 6.07) is 4.71. The molecule has 1 aromatic rings. The van der Waals surface area contributed by atoms with Crippen molar-refractivity contribution in [1.29, 1.82) is 0 Å². The first-order valence-corrected chi connectivity index (χ1v) is 13.9. The number of hydrogen-bond acceptors (Lipinski definition) is 5. The molecule has 9 heteroatoms. The minimum absolute atomic E-state index is 0.0880. The van der Waals surface area contributed by atoms with Crippen molar-refractivity contribution in [2.45, 2.75) is 48.6 Å². The van der Waals surface area contributed by atoms with Crippen LogP contribution in [0.3, 0.4) is 0 Å². The maximum atomic E-state index is 14.5. The second kappa shape index (κ2) is 10.5. The molecule has 3 fully saturated rings. The molecule has 0 aromatic heterocycles. The number of fused-ring (bicyclic) bond motifs is 1. The molecular formula is C28H36ClN3O4S. The molecule has 200 valence electrons. The highest BCUT2D eigenvalue weighted by Gasteiger charge is 2.77. The average Bonchev–Trinajstić information content (AvgIpc) is 3.42. The number of aryl methyl sites for hydroxylation is 1. The van der Waals surface area contributed by atoms with Crippen molar-refractivity contribution < 1.29 is 19.5 Å². The Labute approximate surface area is 228 Å². The lowest BCUT2D eigenvalue weighted by Crippen LogP contribution is -2.55. The first kappa shape index (κ1) is 27.7. The second-order valence-electron chi connectivity index (χ2n) is 10.5. The molecule has 5 atom stereocenters. The molecule has 37 heavy (non-hydrogen) atoms. The van der Waals surface area contributed by atoms with Gasteiger partial charge < -0.3 is 19.8 Å². The molecule has 2 unspecified atom stereocenters. The first-order valence-electron chi connectivity index (χ1n) is 12.7. The molecule has 2 bridgehead atoms. The number of aliphatic hydroxyl groups is 1. The first-order chi connectivity index (χ1) is 17.6. The minimum Gasteiger partial charge on any atom is -0.396 e. The Bertz CT molecular complexity index is 1110. The Balaban J connectivity index is 1.83. The van der Waals surface area contributed by atoms with Crippen LogP contribution in [0.5, 0.6) is 0 Å². The zero-order valence-corrected chi connectivity index (χ0v) is 23.4. The van der Waals surface area contributed by atoms with Gasteiger partial charge >= 0.3 is 0 Å². The largest absolute Gasteiger partial charge is 0.396 e. The van der Waals surface area contributed by atoms with Gasteiger partial charge in [0.1, 0.15) is 6.04 Å². The highest BCUT2D eigenvalue weighted by molar-refractivity contribution is 8.02. The van der Waals surface area contributed by atoms with Crippen LogP contribution in [0.2, 0.25) is 5.02 Å².